The van der Waals surface area contributed by atoms with Gasteiger partial charge >= 0.3 is 17.9 Å². The highest BCUT2D eigenvalue weighted by molar-refractivity contribution is 5.71. The van der Waals surface area contributed by atoms with Crippen molar-refractivity contribution in [2.75, 3.05) is 47.5 Å². The lowest BCUT2D eigenvalue weighted by atomic mass is 10.0. The number of allylic oxidation sites excluding steroid dienone is 34. The number of esters is 2. The smallest absolute Gasteiger partial charge is 0.361 e. The van der Waals surface area contributed by atoms with Crippen LogP contribution in [0.25, 0.3) is 0 Å². The van der Waals surface area contributed by atoms with E-state index in [-0.39, 0.29) is 38.6 Å². The third kappa shape index (κ3) is 77.1. The van der Waals surface area contributed by atoms with Crippen molar-refractivity contribution in [3.8, 4) is 0 Å². The van der Waals surface area contributed by atoms with Gasteiger partial charge < -0.3 is 28.5 Å². The van der Waals surface area contributed by atoms with E-state index in [2.05, 4.69) is 220 Å². The molecular weight excluding hydrogens is 1200 g/mol. The summed E-state index contributed by atoms with van der Waals surface area (Å²) < 4.78 is 23.0. The van der Waals surface area contributed by atoms with Gasteiger partial charge in [-0.1, -0.05) is 317 Å². The number of quaternary nitrogens is 1. The molecule has 0 rings (SSSR count). The molecule has 2 atom stereocenters. The van der Waals surface area contributed by atoms with Crippen molar-refractivity contribution in [3.63, 3.8) is 0 Å². The third-order valence-corrected chi connectivity index (χ3v) is 15.5. The lowest BCUT2D eigenvalue weighted by Gasteiger charge is -2.25. The predicted octanol–water partition coefficient (Wildman–Crippen LogP) is 24.7. The van der Waals surface area contributed by atoms with Crippen LogP contribution in [-0.4, -0.2) is 87.4 Å². The molecular formula is C88H140NO8+. The molecule has 0 saturated heterocycles. The molecule has 0 radical (unpaired) electrons. The second-order valence-corrected chi connectivity index (χ2v) is 25.8. The van der Waals surface area contributed by atoms with Gasteiger partial charge in [-0.05, 0) is 148 Å². The van der Waals surface area contributed by atoms with E-state index in [1.807, 2.05) is 21.1 Å². The van der Waals surface area contributed by atoms with Crippen molar-refractivity contribution >= 4 is 17.9 Å². The number of carboxylic acids is 1. The molecule has 0 saturated carbocycles. The lowest BCUT2D eigenvalue weighted by molar-refractivity contribution is -0.870. The van der Waals surface area contributed by atoms with E-state index in [9.17, 15) is 19.5 Å². The van der Waals surface area contributed by atoms with Crippen LogP contribution in [-0.2, 0) is 33.3 Å². The van der Waals surface area contributed by atoms with Gasteiger partial charge in [0, 0.05) is 12.8 Å². The number of aliphatic carboxylic acids is 1. The first-order chi connectivity index (χ1) is 47.6. The van der Waals surface area contributed by atoms with Gasteiger partial charge in [0.05, 0.1) is 34.4 Å². The van der Waals surface area contributed by atoms with Crippen molar-refractivity contribution in [1.29, 1.82) is 0 Å². The quantitative estimate of drug-likeness (QED) is 0.0211. The van der Waals surface area contributed by atoms with Gasteiger partial charge in [-0.3, -0.25) is 9.59 Å². The molecule has 0 aromatic carbocycles. The monoisotopic (exact) mass is 1340 g/mol. The number of carbonyl (C=O) groups is 3. The molecule has 0 bridgehead atoms. The fraction of sp³-hybridized carbons (Fsp3) is 0.580. The van der Waals surface area contributed by atoms with Gasteiger partial charge in [0.25, 0.3) is 6.29 Å². The number of carbonyl (C=O) groups excluding carboxylic acids is 2. The summed E-state index contributed by atoms with van der Waals surface area (Å²) in [5.74, 6) is -2.06. The summed E-state index contributed by atoms with van der Waals surface area (Å²) in [4.78, 5) is 37.7. The van der Waals surface area contributed by atoms with Crippen molar-refractivity contribution in [2.45, 2.75) is 283 Å². The van der Waals surface area contributed by atoms with Crippen LogP contribution in [0.1, 0.15) is 271 Å². The van der Waals surface area contributed by atoms with Crippen LogP contribution in [0.3, 0.4) is 0 Å². The Bertz CT molecular complexity index is 2350. The maximum atomic E-state index is 13.0. The summed E-state index contributed by atoms with van der Waals surface area (Å²) >= 11 is 0. The largest absolute Gasteiger partial charge is 0.477 e. The summed E-state index contributed by atoms with van der Waals surface area (Å²) in [6.45, 7) is 4.60. The minimum absolute atomic E-state index is 0.172. The number of hydrogen-bond acceptors (Lipinski definition) is 7. The molecule has 9 heteroatoms. The fourth-order valence-corrected chi connectivity index (χ4v) is 9.79. The van der Waals surface area contributed by atoms with Crippen LogP contribution in [0.15, 0.2) is 207 Å². The molecule has 0 aliphatic rings. The van der Waals surface area contributed by atoms with Gasteiger partial charge in [0.15, 0.2) is 6.10 Å². The maximum Gasteiger partial charge on any atom is 0.361 e. The molecule has 9 nitrogen and oxygen atoms in total. The first kappa shape index (κ1) is 90.9. The zero-order valence-corrected chi connectivity index (χ0v) is 62.1. The average Bonchev–Trinajstić information content (AvgIpc) is 3.74. The molecule has 0 aliphatic carbocycles. The van der Waals surface area contributed by atoms with Gasteiger partial charge in [-0.15, -0.1) is 0 Å². The van der Waals surface area contributed by atoms with E-state index in [4.69, 9.17) is 18.9 Å². The number of hydrogen-bond donors (Lipinski definition) is 1. The molecule has 0 aliphatic heterocycles. The number of carboxylic acid groups (broad SMARTS) is 1. The fourth-order valence-electron chi connectivity index (χ4n) is 9.79. The molecule has 97 heavy (non-hydrogen) atoms. The molecule has 0 amide bonds. The second-order valence-electron chi connectivity index (χ2n) is 25.8. The summed E-state index contributed by atoms with van der Waals surface area (Å²) in [6.07, 6.45) is 115. The Balaban J connectivity index is 4.19. The van der Waals surface area contributed by atoms with E-state index in [1.165, 1.54) is 83.5 Å². The summed E-state index contributed by atoms with van der Waals surface area (Å²) in [7, 11) is 5.96. The Morgan fingerprint density at radius 1 is 0.309 bits per heavy atom. The second kappa shape index (κ2) is 75.6. The summed E-state index contributed by atoms with van der Waals surface area (Å²) in [5.41, 5.74) is 0. The zero-order chi connectivity index (χ0) is 70.4. The lowest BCUT2D eigenvalue weighted by Crippen LogP contribution is -2.40. The number of ether oxygens (including phenoxy) is 4. The Morgan fingerprint density at radius 2 is 0.557 bits per heavy atom. The maximum absolute atomic E-state index is 13.0. The topological polar surface area (TPSA) is 108 Å². The number of unbranched alkanes of at least 4 members (excludes halogenated alkanes) is 19. The van der Waals surface area contributed by atoms with Crippen molar-refractivity contribution in [3.05, 3.63) is 207 Å². The predicted molar refractivity (Wildman–Crippen MR) is 418 cm³/mol. The van der Waals surface area contributed by atoms with Crippen LogP contribution >= 0.6 is 0 Å². The van der Waals surface area contributed by atoms with Crippen LogP contribution in [0, 0.1) is 0 Å². The Kier molecular flexibility index (Phi) is 70.9. The van der Waals surface area contributed by atoms with E-state index in [1.54, 1.807) is 0 Å². The number of nitrogens with zero attached hydrogens (tertiary/aromatic N) is 1. The average molecular weight is 1340 g/mol. The molecule has 2 unspecified atom stereocenters. The highest BCUT2D eigenvalue weighted by Gasteiger charge is 2.25. The zero-order valence-electron chi connectivity index (χ0n) is 62.1. The minimum atomic E-state index is -1.53. The van der Waals surface area contributed by atoms with Gasteiger partial charge in [0.1, 0.15) is 13.2 Å². The van der Waals surface area contributed by atoms with Crippen LogP contribution in [0.2, 0.25) is 0 Å². The minimum Gasteiger partial charge on any atom is -0.477 e. The Labute approximate surface area is 594 Å². The van der Waals surface area contributed by atoms with Crippen molar-refractivity contribution in [1.82, 2.24) is 0 Å². The first-order valence-corrected chi connectivity index (χ1v) is 38.2. The molecule has 1 N–H and O–H groups in total. The van der Waals surface area contributed by atoms with Crippen LogP contribution in [0.4, 0.5) is 0 Å². The molecule has 544 valence electrons. The van der Waals surface area contributed by atoms with E-state index in [0.29, 0.717) is 17.4 Å². The normalized spacial score (nSPS) is 13.9. The molecule has 0 aromatic heterocycles. The standard InChI is InChI=1S/C88H139NO8/c1-6-8-10-12-14-16-18-20-22-24-26-28-30-32-34-36-38-40-42-43-45-46-48-50-52-54-56-58-60-62-64-66-68-70-72-74-76-78-85(90)95-82-84(83-96-88(87(92)93)94-81-80-89(3,4)5)97-86(91)79-77-75-73-71-69-67-65-63-61-59-57-55-53-51-49-47-44-41-39-37-35-33-31-29-27-25-23-21-19-17-15-13-11-9-7-2/h8-11,14-17,20-23,26-29,32-35,38-41,43,45,47,49,53,55,59,61,65,67,84,88H,6-7,12-13,18-19,24-25,30-31,36-37,42,44,46,48,50-52,54,56-58,60,62-64,66,68-83H2,1-5H3/p+1/b10-8-,11-9-,16-14-,17-15-,22-20-,23-21-,28-26-,29-27-,34-32-,35-33-,40-38-,41-39-,45-43-,49-47-,55-53-,61-59-,67-65-. The van der Waals surface area contributed by atoms with Gasteiger partial charge in [0.2, 0.25) is 0 Å². The van der Waals surface area contributed by atoms with Crippen LogP contribution < -0.4 is 0 Å². The molecule has 0 spiro atoms. The Morgan fingerprint density at radius 3 is 0.825 bits per heavy atom. The first-order valence-electron chi connectivity index (χ1n) is 38.2. The SMILES string of the molecule is CC/C=C\C/C=C\C/C=C\C/C=C\C/C=C\C/C=C\C/C=C\C/C=C\C/C=C\C/C=C\CCCCCCC(=O)OC(COC(=O)CCCCCCCCCCCCCCCCC/C=C\C/C=C\C/C=C\C/C=C\C/C=C\C/C=C\C/C=C\CC)COC(OCC[N+](C)(C)C)C(=O)O. The highest BCUT2D eigenvalue weighted by atomic mass is 16.7. The summed E-state index contributed by atoms with van der Waals surface area (Å²) in [5, 5.41) is 9.77. The van der Waals surface area contributed by atoms with E-state index in [0.717, 1.165) is 154 Å². The van der Waals surface area contributed by atoms with Crippen LogP contribution in [0.5, 0.6) is 0 Å². The third-order valence-electron chi connectivity index (χ3n) is 15.5. The Hall–Kier alpha value is -6.13. The van der Waals surface area contributed by atoms with Gasteiger partial charge in [-0.25, -0.2) is 4.79 Å². The van der Waals surface area contributed by atoms with Crippen molar-refractivity contribution in [2.24, 2.45) is 0 Å². The molecule has 0 heterocycles. The summed E-state index contributed by atoms with van der Waals surface area (Å²) in [6, 6.07) is 0. The molecule has 0 aromatic rings. The molecule has 0 fully saturated rings. The number of likely N-dealkylation sites (N-methyl/N-ethyl adjacent to an activating group) is 1. The van der Waals surface area contributed by atoms with Crippen molar-refractivity contribution < 1.29 is 42.9 Å². The highest BCUT2D eigenvalue weighted by Crippen LogP contribution is 2.16. The number of rotatable bonds is 68. The van der Waals surface area contributed by atoms with Gasteiger partial charge in [-0.2, -0.15) is 0 Å². The van der Waals surface area contributed by atoms with E-state index < -0.39 is 24.3 Å². The van der Waals surface area contributed by atoms with E-state index >= 15 is 0 Å².